The van der Waals surface area contributed by atoms with E-state index in [9.17, 15) is 14.4 Å². The summed E-state index contributed by atoms with van der Waals surface area (Å²) in [7, 11) is 4.10. The number of rotatable bonds is 4. The zero-order chi connectivity index (χ0) is 25.2. The number of esters is 2. The van der Waals surface area contributed by atoms with E-state index in [4.69, 9.17) is 18.9 Å². The van der Waals surface area contributed by atoms with Gasteiger partial charge in [0.05, 0.1) is 32.8 Å². The number of carbonyl (C=O) groups excluding carboxylic acids is 3. The second-order valence-electron chi connectivity index (χ2n) is 9.85. The molecular weight excluding hydrogens is 464 g/mol. The normalized spacial score (nSPS) is 29.1. The van der Waals surface area contributed by atoms with Crippen molar-refractivity contribution in [3.05, 3.63) is 53.6 Å². The first kappa shape index (κ1) is 22.7. The number of para-hydroxylation sites is 1. The van der Waals surface area contributed by atoms with Gasteiger partial charge in [-0.15, -0.1) is 0 Å². The number of fused-ring (bicyclic) bond motifs is 3. The van der Waals surface area contributed by atoms with Gasteiger partial charge in [-0.05, 0) is 48.6 Å². The van der Waals surface area contributed by atoms with Crippen molar-refractivity contribution in [1.82, 2.24) is 4.90 Å². The number of nitrogens with zero attached hydrogens (tertiary/aromatic N) is 1. The standard InChI is InChI=1S/C27H28N2O7/c1-33-16-8-9-20-18(14-16)26-10-11-29-21(27(26,36-20)28-19-7-5-4-6-17(19)26)12-15(13-22(29)30)23(24(31)34-2)25(32)35-3/h4-9,14-15,21,23,28H,10-13H2,1-3H3/t15?,21-,26+,27-/m0/s1. The van der Waals surface area contributed by atoms with Crippen LogP contribution in [-0.2, 0) is 29.3 Å². The van der Waals surface area contributed by atoms with Gasteiger partial charge in [0.1, 0.15) is 11.5 Å². The van der Waals surface area contributed by atoms with E-state index in [1.54, 1.807) is 7.11 Å². The lowest BCUT2D eigenvalue weighted by Gasteiger charge is -2.56. The number of anilines is 1. The number of carbonyl (C=O) groups is 3. The van der Waals surface area contributed by atoms with E-state index in [2.05, 4.69) is 11.4 Å². The van der Waals surface area contributed by atoms with Crippen LogP contribution in [0.5, 0.6) is 11.5 Å². The van der Waals surface area contributed by atoms with E-state index >= 15 is 0 Å². The van der Waals surface area contributed by atoms with E-state index < -0.39 is 41.0 Å². The molecule has 4 atom stereocenters. The van der Waals surface area contributed by atoms with Gasteiger partial charge in [-0.3, -0.25) is 14.4 Å². The molecule has 1 N–H and O–H groups in total. The Hall–Kier alpha value is -3.75. The van der Waals surface area contributed by atoms with Gasteiger partial charge in [-0.1, -0.05) is 18.2 Å². The molecule has 1 unspecified atom stereocenters. The first-order chi connectivity index (χ1) is 17.4. The van der Waals surface area contributed by atoms with Crippen LogP contribution < -0.4 is 14.8 Å². The lowest BCUT2D eigenvalue weighted by molar-refractivity contribution is -0.168. The Morgan fingerprint density at radius 1 is 1.08 bits per heavy atom. The van der Waals surface area contributed by atoms with E-state index in [1.165, 1.54) is 14.2 Å². The average molecular weight is 493 g/mol. The number of nitrogens with one attached hydrogen (secondary N) is 1. The van der Waals surface area contributed by atoms with Crippen molar-refractivity contribution in [3.63, 3.8) is 0 Å². The Morgan fingerprint density at radius 3 is 2.56 bits per heavy atom. The number of hydrogen-bond acceptors (Lipinski definition) is 8. The first-order valence-electron chi connectivity index (χ1n) is 12.1. The van der Waals surface area contributed by atoms with Gasteiger partial charge < -0.3 is 29.2 Å². The molecule has 2 aromatic rings. The Kier molecular flexibility index (Phi) is 4.97. The summed E-state index contributed by atoms with van der Waals surface area (Å²) in [6.45, 7) is 0.523. The topological polar surface area (TPSA) is 103 Å². The fourth-order valence-electron chi connectivity index (χ4n) is 7.01. The van der Waals surface area contributed by atoms with E-state index in [-0.39, 0.29) is 12.3 Å². The van der Waals surface area contributed by atoms with Gasteiger partial charge in [0.25, 0.3) is 0 Å². The molecule has 0 aliphatic carbocycles. The highest BCUT2D eigenvalue weighted by Gasteiger charge is 2.73. The highest BCUT2D eigenvalue weighted by molar-refractivity contribution is 5.96. The van der Waals surface area contributed by atoms with Crippen LogP contribution >= 0.6 is 0 Å². The Balaban J connectivity index is 1.51. The van der Waals surface area contributed by atoms with Gasteiger partial charge in [0.15, 0.2) is 5.92 Å². The molecular formula is C27H28N2O7. The van der Waals surface area contributed by atoms with E-state index in [1.807, 2.05) is 41.3 Å². The van der Waals surface area contributed by atoms with Crippen molar-refractivity contribution in [2.75, 3.05) is 33.2 Å². The summed E-state index contributed by atoms with van der Waals surface area (Å²) in [5.74, 6) is -1.84. The monoisotopic (exact) mass is 492 g/mol. The molecule has 188 valence electrons. The fourth-order valence-corrected chi connectivity index (χ4v) is 7.01. The molecule has 2 aromatic carbocycles. The molecule has 9 heteroatoms. The van der Waals surface area contributed by atoms with E-state index in [0.717, 1.165) is 28.3 Å². The largest absolute Gasteiger partial charge is 0.497 e. The maximum absolute atomic E-state index is 13.5. The molecule has 6 rings (SSSR count). The predicted molar refractivity (Wildman–Crippen MR) is 128 cm³/mol. The zero-order valence-electron chi connectivity index (χ0n) is 20.4. The number of amides is 1. The van der Waals surface area contributed by atoms with Crippen molar-refractivity contribution in [2.45, 2.75) is 36.4 Å². The number of benzene rings is 2. The third-order valence-electron chi connectivity index (χ3n) is 8.50. The lowest BCUT2D eigenvalue weighted by atomic mass is 9.61. The summed E-state index contributed by atoms with van der Waals surface area (Å²) in [4.78, 5) is 40.7. The predicted octanol–water partition coefficient (Wildman–Crippen LogP) is 2.47. The van der Waals surface area contributed by atoms with Crippen LogP contribution in [0, 0.1) is 11.8 Å². The summed E-state index contributed by atoms with van der Waals surface area (Å²) in [6, 6.07) is 13.4. The highest BCUT2D eigenvalue weighted by Crippen LogP contribution is 2.65. The minimum atomic E-state index is -1.19. The summed E-state index contributed by atoms with van der Waals surface area (Å²) in [6.07, 6.45) is 1.08. The van der Waals surface area contributed by atoms with Gasteiger partial charge in [0.2, 0.25) is 11.6 Å². The molecule has 0 saturated carbocycles. The minimum Gasteiger partial charge on any atom is -0.497 e. The molecule has 2 saturated heterocycles. The molecule has 4 aliphatic heterocycles. The maximum Gasteiger partial charge on any atom is 0.320 e. The lowest BCUT2D eigenvalue weighted by Crippen LogP contribution is -2.73. The summed E-state index contributed by atoms with van der Waals surface area (Å²) < 4.78 is 22.2. The molecule has 0 bridgehead atoms. The summed E-state index contributed by atoms with van der Waals surface area (Å²) in [5.41, 5.74) is 1.46. The molecule has 0 radical (unpaired) electrons. The van der Waals surface area contributed by atoms with Crippen molar-refractivity contribution in [3.8, 4) is 11.5 Å². The van der Waals surface area contributed by atoms with Crippen LogP contribution in [0.2, 0.25) is 0 Å². The van der Waals surface area contributed by atoms with Crippen molar-refractivity contribution < 1.29 is 33.3 Å². The molecule has 9 nitrogen and oxygen atoms in total. The van der Waals surface area contributed by atoms with Crippen molar-refractivity contribution >= 4 is 23.5 Å². The van der Waals surface area contributed by atoms with Crippen LogP contribution in [-0.4, -0.2) is 62.4 Å². The minimum absolute atomic E-state index is 0.0577. The van der Waals surface area contributed by atoms with Crippen LogP contribution in [0.15, 0.2) is 42.5 Å². The molecule has 4 aliphatic rings. The van der Waals surface area contributed by atoms with Gasteiger partial charge in [-0.2, -0.15) is 0 Å². The van der Waals surface area contributed by atoms with Crippen LogP contribution in [0.1, 0.15) is 30.4 Å². The second-order valence-corrected chi connectivity index (χ2v) is 9.85. The Bertz CT molecular complexity index is 1260. The summed E-state index contributed by atoms with van der Waals surface area (Å²) >= 11 is 0. The zero-order valence-corrected chi connectivity index (χ0v) is 20.4. The van der Waals surface area contributed by atoms with Crippen LogP contribution in [0.25, 0.3) is 0 Å². The second kappa shape index (κ2) is 7.88. The van der Waals surface area contributed by atoms with Crippen LogP contribution in [0.3, 0.4) is 0 Å². The van der Waals surface area contributed by atoms with Gasteiger partial charge in [0, 0.05) is 24.2 Å². The van der Waals surface area contributed by atoms with E-state index in [0.29, 0.717) is 19.4 Å². The number of methoxy groups -OCH3 is 3. The molecule has 0 spiro atoms. The van der Waals surface area contributed by atoms with Gasteiger partial charge in [-0.25, -0.2) is 0 Å². The molecule has 36 heavy (non-hydrogen) atoms. The molecule has 4 heterocycles. The Labute approximate surface area is 208 Å². The summed E-state index contributed by atoms with van der Waals surface area (Å²) in [5, 5.41) is 3.66. The third-order valence-corrected chi connectivity index (χ3v) is 8.50. The number of ether oxygens (including phenoxy) is 4. The maximum atomic E-state index is 13.5. The quantitative estimate of drug-likeness (QED) is 0.513. The first-order valence-corrected chi connectivity index (χ1v) is 12.1. The van der Waals surface area contributed by atoms with Crippen LogP contribution in [0.4, 0.5) is 5.69 Å². The smallest absolute Gasteiger partial charge is 0.320 e. The van der Waals surface area contributed by atoms with Crippen molar-refractivity contribution in [2.24, 2.45) is 11.8 Å². The average Bonchev–Trinajstić information content (AvgIpc) is 3.35. The van der Waals surface area contributed by atoms with Gasteiger partial charge >= 0.3 is 11.9 Å². The van der Waals surface area contributed by atoms with Crippen molar-refractivity contribution in [1.29, 1.82) is 0 Å². The molecule has 2 fully saturated rings. The Morgan fingerprint density at radius 2 is 1.83 bits per heavy atom. The molecule has 1 amide bonds. The SMILES string of the molecule is COC(=O)C(C(=O)OC)C1CC(=O)N2CC[C@]34c5ccccc5N[C@]3(Oc3ccc(OC)cc34)[C@@H]2C1. The fraction of sp³-hybridized carbons (Fsp3) is 0.444. The molecule has 0 aromatic heterocycles. The highest BCUT2D eigenvalue weighted by atomic mass is 16.5. The third kappa shape index (κ3) is 2.74. The number of hydrogen-bond donors (Lipinski definition) is 1. The number of piperidine rings is 2.